The average Bonchev–Trinajstić information content (AvgIpc) is 3.16. The molecule has 0 spiro atoms. The van der Waals surface area contributed by atoms with Crippen molar-refractivity contribution in [1.82, 2.24) is 0 Å². The average molecular weight is 659 g/mol. The van der Waals surface area contributed by atoms with Gasteiger partial charge in [-0.1, -0.05) is 83.1 Å². The highest BCUT2D eigenvalue weighted by Gasteiger charge is 2.32. The normalized spacial score (nSPS) is 13.4. The van der Waals surface area contributed by atoms with Crippen molar-refractivity contribution in [2.45, 2.75) is 146 Å². The molecule has 2 aromatic carbocycles. The third kappa shape index (κ3) is 9.61. The van der Waals surface area contributed by atoms with Crippen molar-refractivity contribution < 1.29 is 23.4 Å². The smallest absolute Gasteiger partial charge is 0.507 e. The fraction of sp³-hybridized carbons (Fsp3) is 0.595. The molecule has 250 valence electrons. The summed E-state index contributed by atoms with van der Waals surface area (Å²) in [5.41, 5.74) is 3.37. The Morgan fingerprint density at radius 3 is 1.42 bits per heavy atom. The first-order valence-corrected chi connectivity index (χ1v) is 17.2. The van der Waals surface area contributed by atoms with Crippen LogP contribution in [-0.4, -0.2) is 16.0 Å². The lowest BCUT2D eigenvalue weighted by molar-refractivity contribution is -0.00421. The first kappa shape index (κ1) is 37.2. The van der Waals surface area contributed by atoms with Gasteiger partial charge in [0.15, 0.2) is 12.6 Å². The fourth-order valence-electron chi connectivity index (χ4n) is 5.07. The monoisotopic (exact) mass is 658 g/mol. The number of phenols is 1. The van der Waals surface area contributed by atoms with E-state index in [1.165, 1.54) is 0 Å². The van der Waals surface area contributed by atoms with Crippen LogP contribution in [0.25, 0.3) is 0 Å². The maximum atomic E-state index is 11.4. The summed E-state index contributed by atoms with van der Waals surface area (Å²) in [6.45, 7) is 32.3. The molecule has 8 heteroatoms. The largest absolute Gasteiger partial charge is 0.519 e. The summed E-state index contributed by atoms with van der Waals surface area (Å²) >= 11 is 3.65. The number of ether oxygens (including phenoxy) is 2. The van der Waals surface area contributed by atoms with Gasteiger partial charge in [0.1, 0.15) is 23.9 Å². The molecule has 1 aromatic heterocycles. The maximum Gasteiger partial charge on any atom is 0.519 e. The Morgan fingerprint density at radius 2 is 1.07 bits per heavy atom. The van der Waals surface area contributed by atoms with Crippen LogP contribution in [0.2, 0.25) is 0 Å². The summed E-state index contributed by atoms with van der Waals surface area (Å²) in [5, 5.41) is 11.2. The van der Waals surface area contributed by atoms with Gasteiger partial charge in [-0.3, -0.25) is 0 Å². The van der Waals surface area contributed by atoms with Gasteiger partial charge in [0.05, 0.1) is 4.08 Å². The van der Waals surface area contributed by atoms with E-state index in [0.717, 1.165) is 37.8 Å². The first-order valence-electron chi connectivity index (χ1n) is 15.5. The maximum absolute atomic E-state index is 11.4. The molecule has 0 fully saturated rings. The topological polar surface area (TPSA) is 82.0 Å². The lowest BCUT2D eigenvalue weighted by atomic mass is 9.79. The number of aromatic hydroxyl groups is 1. The summed E-state index contributed by atoms with van der Waals surface area (Å²) in [5.74, 6) is 1.25. The minimum atomic E-state index is -0.735. The zero-order chi connectivity index (χ0) is 34.3. The molecular formula is C37H54O6S2. The van der Waals surface area contributed by atoms with Crippen LogP contribution >= 0.6 is 23.5 Å². The van der Waals surface area contributed by atoms with Crippen LogP contribution < -0.4 is 10.6 Å². The molecule has 1 N–H and O–H groups in total. The van der Waals surface area contributed by atoms with Gasteiger partial charge in [0.25, 0.3) is 0 Å². The van der Waals surface area contributed by atoms with Crippen molar-refractivity contribution in [2.75, 3.05) is 6.79 Å². The number of thioether (sulfide) groups is 2. The van der Waals surface area contributed by atoms with E-state index in [0.29, 0.717) is 17.3 Å². The second-order valence-electron chi connectivity index (χ2n) is 16.4. The number of aryl methyl sites for hydroxylation is 1. The third-order valence-corrected chi connectivity index (χ3v) is 9.89. The van der Waals surface area contributed by atoms with Gasteiger partial charge in [0.2, 0.25) is 0 Å². The highest BCUT2D eigenvalue weighted by atomic mass is 32.2. The summed E-state index contributed by atoms with van der Waals surface area (Å²) in [7, 11) is 0. The second-order valence-corrected chi connectivity index (χ2v) is 20.0. The van der Waals surface area contributed by atoms with Crippen molar-refractivity contribution in [3.05, 3.63) is 68.7 Å². The molecule has 3 aromatic rings. The summed E-state index contributed by atoms with van der Waals surface area (Å²) in [6, 6.07) is 8.81. The zero-order valence-corrected chi connectivity index (χ0v) is 31.7. The predicted molar refractivity (Wildman–Crippen MR) is 187 cm³/mol. The molecule has 0 aliphatic heterocycles. The highest BCUT2D eigenvalue weighted by Crippen LogP contribution is 2.51. The van der Waals surface area contributed by atoms with Crippen LogP contribution in [0.4, 0.5) is 0 Å². The molecule has 0 unspecified atom stereocenters. The number of hydrogen-bond acceptors (Lipinski definition) is 8. The van der Waals surface area contributed by atoms with Crippen LogP contribution in [0.3, 0.4) is 0 Å². The van der Waals surface area contributed by atoms with Crippen molar-refractivity contribution in [1.29, 1.82) is 0 Å². The van der Waals surface area contributed by atoms with E-state index in [1.807, 2.05) is 23.5 Å². The third-order valence-electron chi connectivity index (χ3n) is 7.46. The standard InChI is InChI=1S/C37H54O6S2/c1-22-29(43-32(39)42-22)20-40-21-41-31-27(35(8,9)10)18-24(19-28(31)36(11,12)13)45-37(14,15)44-23-16-25(33(2,3)4)30(38)26(17-23)34(5,6)7/h16-19,38H,20-21H2,1-15H3. The SMILES string of the molecule is Cc1oc(=O)oc1COCOc1c(C(C)(C)C)cc(SC(C)(C)Sc2cc(C(C)(C)C)c(O)c(C(C)(C)C)c2)cc1C(C)(C)C. The molecule has 0 saturated carbocycles. The van der Waals surface area contributed by atoms with Gasteiger partial charge in [-0.2, -0.15) is 0 Å². The zero-order valence-electron chi connectivity index (χ0n) is 30.0. The molecule has 0 bridgehead atoms. The lowest BCUT2D eigenvalue weighted by Crippen LogP contribution is -2.21. The van der Waals surface area contributed by atoms with Gasteiger partial charge >= 0.3 is 5.82 Å². The Kier molecular flexibility index (Phi) is 10.8. The van der Waals surface area contributed by atoms with Crippen molar-refractivity contribution in [3.8, 4) is 11.5 Å². The number of phenolic OH excluding ortho intramolecular Hbond substituents is 1. The molecule has 0 aliphatic carbocycles. The molecule has 0 aliphatic rings. The van der Waals surface area contributed by atoms with Gasteiger partial charge in [-0.05, 0) is 66.7 Å². The summed E-state index contributed by atoms with van der Waals surface area (Å²) in [4.78, 5) is 13.7. The van der Waals surface area contributed by atoms with E-state index >= 15 is 0 Å². The molecule has 45 heavy (non-hydrogen) atoms. The Labute approximate surface area is 279 Å². The number of benzene rings is 2. The van der Waals surface area contributed by atoms with E-state index in [2.05, 4.69) is 121 Å². The van der Waals surface area contributed by atoms with Crippen LogP contribution in [0.5, 0.6) is 11.5 Å². The van der Waals surface area contributed by atoms with Gasteiger partial charge in [0, 0.05) is 32.0 Å². The second kappa shape index (κ2) is 13.1. The Morgan fingerprint density at radius 1 is 0.667 bits per heavy atom. The van der Waals surface area contributed by atoms with Gasteiger partial charge < -0.3 is 23.4 Å². The summed E-state index contributed by atoms with van der Waals surface area (Å²) in [6.07, 6.45) is 0. The van der Waals surface area contributed by atoms with E-state index in [-0.39, 0.29) is 39.1 Å². The van der Waals surface area contributed by atoms with Crippen LogP contribution in [0.15, 0.2) is 47.7 Å². The van der Waals surface area contributed by atoms with Gasteiger partial charge in [-0.25, -0.2) is 4.79 Å². The molecule has 0 radical (unpaired) electrons. The van der Waals surface area contributed by atoms with Crippen molar-refractivity contribution in [2.24, 2.45) is 0 Å². The quantitative estimate of drug-likeness (QED) is 0.138. The number of rotatable bonds is 9. The Hall–Kier alpha value is -2.29. The van der Waals surface area contributed by atoms with Crippen LogP contribution in [0.1, 0.15) is 131 Å². The molecule has 0 atom stereocenters. The van der Waals surface area contributed by atoms with Crippen LogP contribution in [-0.2, 0) is 33.0 Å². The molecule has 1 heterocycles. The number of hydrogen-bond donors (Lipinski definition) is 1. The molecule has 6 nitrogen and oxygen atoms in total. The molecular weight excluding hydrogens is 605 g/mol. The Bertz CT molecular complexity index is 1480. The Balaban J connectivity index is 1.98. The van der Waals surface area contributed by atoms with E-state index in [9.17, 15) is 9.90 Å². The van der Waals surface area contributed by atoms with Crippen molar-refractivity contribution >= 4 is 23.5 Å². The van der Waals surface area contributed by atoms with Crippen LogP contribution in [0, 0.1) is 6.92 Å². The summed E-state index contributed by atoms with van der Waals surface area (Å²) < 4.78 is 21.9. The lowest BCUT2D eigenvalue weighted by Gasteiger charge is -2.32. The van der Waals surface area contributed by atoms with E-state index in [1.54, 1.807) is 6.92 Å². The molecule has 0 amide bonds. The fourth-order valence-corrected chi connectivity index (χ4v) is 7.66. The highest BCUT2D eigenvalue weighted by molar-refractivity contribution is 8.18. The predicted octanol–water partition coefficient (Wildman–Crippen LogP) is 10.6. The van der Waals surface area contributed by atoms with Crippen molar-refractivity contribution in [3.63, 3.8) is 0 Å². The van der Waals surface area contributed by atoms with E-state index in [4.69, 9.17) is 18.3 Å². The van der Waals surface area contributed by atoms with Gasteiger partial charge in [-0.15, -0.1) is 23.5 Å². The molecule has 0 saturated heterocycles. The minimum absolute atomic E-state index is 0.00139. The first-order chi connectivity index (χ1) is 20.3. The molecule has 3 rings (SSSR count). The minimum Gasteiger partial charge on any atom is -0.507 e. The van der Waals surface area contributed by atoms with E-state index < -0.39 is 5.82 Å².